The number of hydrogen-bond acceptors (Lipinski definition) is 5. The Morgan fingerprint density at radius 3 is 2.93 bits per heavy atom. The number of carbonyl (C=O) groups excluding carboxylic acids is 1. The summed E-state index contributed by atoms with van der Waals surface area (Å²) in [6.07, 6.45) is 0. The number of thioether (sulfide) groups is 1. The van der Waals surface area contributed by atoms with Crippen LogP contribution in [-0.4, -0.2) is 59.3 Å². The summed E-state index contributed by atoms with van der Waals surface area (Å²) in [5.41, 5.74) is -1.39. The van der Waals surface area contributed by atoms with Gasteiger partial charge in [0.1, 0.15) is 0 Å². The lowest BCUT2D eigenvalue weighted by Crippen LogP contribution is -2.50. The second-order valence-electron chi connectivity index (χ2n) is 4.18. The molecule has 0 aromatic heterocycles. The molecule has 1 N–H and O–H groups in total. The molecule has 0 radical (unpaired) electrons. The molecule has 0 saturated carbocycles. The fourth-order valence-corrected chi connectivity index (χ4v) is 2.84. The van der Waals surface area contributed by atoms with Gasteiger partial charge in [-0.3, -0.25) is 4.90 Å². The first-order chi connectivity index (χ1) is 6.95. The molecule has 1 rings (SSSR count). The molecule has 2 atom stereocenters. The van der Waals surface area contributed by atoms with Crippen molar-refractivity contribution in [1.29, 1.82) is 0 Å². The first kappa shape index (κ1) is 12.8. The first-order valence-corrected chi connectivity index (χ1v) is 6.15. The Morgan fingerprint density at radius 1 is 1.73 bits per heavy atom. The highest BCUT2D eigenvalue weighted by atomic mass is 32.2. The van der Waals surface area contributed by atoms with E-state index in [1.165, 1.54) is 14.0 Å². The van der Waals surface area contributed by atoms with Gasteiger partial charge in [0.15, 0.2) is 5.60 Å². The molecule has 0 aliphatic carbocycles. The third kappa shape index (κ3) is 3.66. The zero-order valence-corrected chi connectivity index (χ0v) is 10.3. The largest absolute Gasteiger partial charge is 0.467 e. The van der Waals surface area contributed by atoms with E-state index in [1.54, 1.807) is 0 Å². The summed E-state index contributed by atoms with van der Waals surface area (Å²) in [7, 11) is 1.30. The summed E-state index contributed by atoms with van der Waals surface area (Å²) in [5.74, 6) is 0.492. The predicted molar refractivity (Wildman–Crippen MR) is 61.0 cm³/mol. The van der Waals surface area contributed by atoms with Crippen molar-refractivity contribution in [3.63, 3.8) is 0 Å². The molecule has 1 aliphatic heterocycles. The van der Waals surface area contributed by atoms with Crippen LogP contribution in [0.1, 0.15) is 13.8 Å². The number of β-amino-alcohol motifs (C(OH)–C–C–N with tert-alkyl or cyclic N) is 1. The lowest BCUT2D eigenvalue weighted by atomic mass is 10.1. The quantitative estimate of drug-likeness (QED) is 0.713. The van der Waals surface area contributed by atoms with Gasteiger partial charge in [-0.05, 0) is 6.92 Å². The van der Waals surface area contributed by atoms with E-state index in [9.17, 15) is 9.90 Å². The third-order valence-electron chi connectivity index (χ3n) is 2.48. The summed E-state index contributed by atoms with van der Waals surface area (Å²) in [5, 5.41) is 10.5. The van der Waals surface area contributed by atoms with Gasteiger partial charge in [-0.15, -0.1) is 0 Å². The first-order valence-electron chi connectivity index (χ1n) is 5.10. The highest BCUT2D eigenvalue weighted by molar-refractivity contribution is 7.99. The van der Waals surface area contributed by atoms with E-state index in [0.717, 1.165) is 18.8 Å². The Balaban J connectivity index is 2.49. The van der Waals surface area contributed by atoms with E-state index in [2.05, 4.69) is 16.6 Å². The standard InChI is InChI=1S/C10H19NO3S/c1-8-6-11(4-5-15-8)7-10(2,13)9(12)14-3/h8,13H,4-7H2,1-3H3. The fourth-order valence-electron chi connectivity index (χ4n) is 1.75. The van der Waals surface area contributed by atoms with Crippen LogP contribution in [0.3, 0.4) is 0 Å². The van der Waals surface area contributed by atoms with Crippen molar-refractivity contribution in [2.75, 3.05) is 32.5 Å². The molecule has 0 aromatic rings. The molecule has 0 aromatic carbocycles. The molecular weight excluding hydrogens is 214 g/mol. The van der Waals surface area contributed by atoms with Crippen molar-refractivity contribution in [1.82, 2.24) is 4.90 Å². The van der Waals surface area contributed by atoms with E-state index in [1.807, 2.05) is 11.8 Å². The van der Waals surface area contributed by atoms with Crippen molar-refractivity contribution >= 4 is 17.7 Å². The van der Waals surface area contributed by atoms with Crippen LogP contribution in [0.15, 0.2) is 0 Å². The molecule has 0 amide bonds. The fraction of sp³-hybridized carbons (Fsp3) is 0.900. The molecule has 0 bridgehead atoms. The molecule has 88 valence electrons. The summed E-state index contributed by atoms with van der Waals surface area (Å²) in [4.78, 5) is 13.4. The summed E-state index contributed by atoms with van der Waals surface area (Å²) in [6.45, 7) is 5.85. The number of aliphatic hydroxyl groups is 1. The molecule has 1 saturated heterocycles. The topological polar surface area (TPSA) is 49.8 Å². The van der Waals surface area contributed by atoms with Crippen molar-refractivity contribution in [3.8, 4) is 0 Å². The molecule has 4 nitrogen and oxygen atoms in total. The van der Waals surface area contributed by atoms with Crippen LogP contribution in [0.5, 0.6) is 0 Å². The average molecular weight is 233 g/mol. The van der Waals surface area contributed by atoms with Crippen molar-refractivity contribution in [3.05, 3.63) is 0 Å². The number of carbonyl (C=O) groups is 1. The number of nitrogens with zero attached hydrogens (tertiary/aromatic N) is 1. The third-order valence-corrected chi connectivity index (χ3v) is 3.62. The summed E-state index contributed by atoms with van der Waals surface area (Å²) >= 11 is 1.92. The van der Waals surface area contributed by atoms with E-state index in [-0.39, 0.29) is 0 Å². The Kier molecular flexibility index (Phi) is 4.43. The Hall–Kier alpha value is -0.260. The van der Waals surface area contributed by atoms with Crippen LogP contribution in [0.2, 0.25) is 0 Å². The zero-order chi connectivity index (χ0) is 11.5. The number of rotatable bonds is 3. The van der Waals surface area contributed by atoms with Gasteiger partial charge in [-0.1, -0.05) is 6.92 Å². The normalized spacial score (nSPS) is 27.1. The van der Waals surface area contributed by atoms with Crippen LogP contribution in [0.4, 0.5) is 0 Å². The van der Waals surface area contributed by atoms with E-state index in [0.29, 0.717) is 11.8 Å². The number of hydrogen-bond donors (Lipinski definition) is 1. The lowest BCUT2D eigenvalue weighted by molar-refractivity contribution is -0.162. The van der Waals surface area contributed by atoms with Gasteiger partial charge in [-0.25, -0.2) is 4.79 Å². The van der Waals surface area contributed by atoms with Crippen LogP contribution in [0, 0.1) is 0 Å². The van der Waals surface area contributed by atoms with Gasteiger partial charge < -0.3 is 9.84 Å². The predicted octanol–water partition coefficient (Wildman–Crippen LogP) is 0.348. The summed E-state index contributed by atoms with van der Waals surface area (Å²) in [6, 6.07) is 0. The second-order valence-corrected chi connectivity index (χ2v) is 5.73. The van der Waals surface area contributed by atoms with Crippen molar-refractivity contribution in [2.24, 2.45) is 0 Å². The van der Waals surface area contributed by atoms with Gasteiger partial charge in [0.05, 0.1) is 7.11 Å². The second kappa shape index (κ2) is 5.18. The SMILES string of the molecule is COC(=O)C(C)(O)CN1CCSC(C)C1. The van der Waals surface area contributed by atoms with Gasteiger partial charge in [0.2, 0.25) is 0 Å². The monoisotopic (exact) mass is 233 g/mol. The maximum absolute atomic E-state index is 11.3. The average Bonchev–Trinajstić information content (AvgIpc) is 2.15. The molecule has 2 unspecified atom stereocenters. The smallest absolute Gasteiger partial charge is 0.338 e. The molecule has 1 fully saturated rings. The molecular formula is C10H19NO3S. The highest BCUT2D eigenvalue weighted by Gasteiger charge is 2.34. The molecule has 15 heavy (non-hydrogen) atoms. The Bertz CT molecular complexity index is 233. The number of methoxy groups -OCH3 is 1. The van der Waals surface area contributed by atoms with Gasteiger partial charge in [-0.2, -0.15) is 11.8 Å². The highest BCUT2D eigenvalue weighted by Crippen LogP contribution is 2.19. The van der Waals surface area contributed by atoms with Gasteiger partial charge >= 0.3 is 5.97 Å². The van der Waals surface area contributed by atoms with Crippen LogP contribution < -0.4 is 0 Å². The van der Waals surface area contributed by atoms with Crippen LogP contribution in [0.25, 0.3) is 0 Å². The minimum absolute atomic E-state index is 0.352. The van der Waals surface area contributed by atoms with E-state index < -0.39 is 11.6 Å². The molecule has 1 aliphatic rings. The van der Waals surface area contributed by atoms with Crippen molar-refractivity contribution < 1.29 is 14.6 Å². The maximum Gasteiger partial charge on any atom is 0.338 e. The lowest BCUT2D eigenvalue weighted by Gasteiger charge is -2.34. The van der Waals surface area contributed by atoms with Gasteiger partial charge in [0.25, 0.3) is 0 Å². The zero-order valence-electron chi connectivity index (χ0n) is 9.52. The Labute approximate surface area is 95.0 Å². The van der Waals surface area contributed by atoms with E-state index in [4.69, 9.17) is 0 Å². The number of ether oxygens (including phenoxy) is 1. The van der Waals surface area contributed by atoms with E-state index >= 15 is 0 Å². The maximum atomic E-state index is 11.3. The minimum Gasteiger partial charge on any atom is -0.467 e. The molecule has 0 spiro atoms. The molecule has 5 heteroatoms. The minimum atomic E-state index is -1.39. The van der Waals surface area contributed by atoms with Crippen LogP contribution in [-0.2, 0) is 9.53 Å². The Morgan fingerprint density at radius 2 is 2.40 bits per heavy atom. The van der Waals surface area contributed by atoms with Crippen molar-refractivity contribution in [2.45, 2.75) is 24.7 Å². The van der Waals surface area contributed by atoms with Crippen LogP contribution >= 0.6 is 11.8 Å². The summed E-state index contributed by atoms with van der Waals surface area (Å²) < 4.78 is 4.56. The van der Waals surface area contributed by atoms with Gasteiger partial charge in [0, 0.05) is 30.6 Å². The molecule has 1 heterocycles. The number of esters is 1.